The van der Waals surface area contributed by atoms with Crippen LogP contribution in [-0.4, -0.2) is 47.1 Å². The molecular formula is C30H37F2N7O2. The lowest BCUT2D eigenvalue weighted by Crippen LogP contribution is -2.43. The number of para-hydroxylation sites is 1. The topological polar surface area (TPSA) is 111 Å². The maximum Gasteiger partial charge on any atom is 0.328 e. The van der Waals surface area contributed by atoms with Gasteiger partial charge in [-0.25, -0.2) is 23.5 Å². The van der Waals surface area contributed by atoms with Gasteiger partial charge >= 0.3 is 6.03 Å². The number of aromatic nitrogens is 2. The maximum atomic E-state index is 14.9. The van der Waals surface area contributed by atoms with Crippen LogP contribution in [0.25, 0.3) is 11.3 Å². The maximum absolute atomic E-state index is 14.9. The molecule has 0 atom stereocenters. The molecule has 0 spiro atoms. The Hall–Kier alpha value is -4.12. The SMILES string of the molecule is CCCNC(=O)c1ccc(C)c(-c2nc(NCCCNC(C)(C)C)nc3c2CNC(=O)N3c2c(F)cccc2F)c1. The van der Waals surface area contributed by atoms with Crippen LogP contribution in [-0.2, 0) is 6.54 Å². The molecule has 218 valence electrons. The first-order valence-corrected chi connectivity index (χ1v) is 13.8. The van der Waals surface area contributed by atoms with Gasteiger partial charge in [-0.2, -0.15) is 4.98 Å². The average molecular weight is 566 g/mol. The molecule has 1 aliphatic heterocycles. The third-order valence-electron chi connectivity index (χ3n) is 6.56. The van der Waals surface area contributed by atoms with Gasteiger partial charge in [0, 0.05) is 35.3 Å². The number of anilines is 3. The molecular weight excluding hydrogens is 528 g/mol. The largest absolute Gasteiger partial charge is 0.354 e. The summed E-state index contributed by atoms with van der Waals surface area (Å²) in [6.07, 6.45) is 1.55. The summed E-state index contributed by atoms with van der Waals surface area (Å²) < 4.78 is 29.9. The molecule has 1 aliphatic rings. The molecule has 0 saturated carbocycles. The van der Waals surface area contributed by atoms with Crippen molar-refractivity contribution in [3.8, 4) is 11.3 Å². The second kappa shape index (κ2) is 12.6. The van der Waals surface area contributed by atoms with E-state index < -0.39 is 23.4 Å². The van der Waals surface area contributed by atoms with E-state index in [0.29, 0.717) is 35.5 Å². The van der Waals surface area contributed by atoms with Crippen molar-refractivity contribution in [2.75, 3.05) is 29.9 Å². The van der Waals surface area contributed by atoms with Crippen molar-refractivity contribution in [2.24, 2.45) is 0 Å². The first-order valence-electron chi connectivity index (χ1n) is 13.8. The van der Waals surface area contributed by atoms with Crippen LogP contribution in [0.2, 0.25) is 0 Å². The number of amides is 3. The number of carbonyl (C=O) groups excluding carboxylic acids is 2. The molecule has 4 rings (SSSR count). The van der Waals surface area contributed by atoms with E-state index in [1.54, 1.807) is 12.1 Å². The summed E-state index contributed by atoms with van der Waals surface area (Å²) in [5, 5.41) is 12.2. The van der Waals surface area contributed by atoms with Gasteiger partial charge < -0.3 is 21.3 Å². The van der Waals surface area contributed by atoms with E-state index in [-0.39, 0.29) is 29.8 Å². The first-order chi connectivity index (χ1) is 19.5. The van der Waals surface area contributed by atoms with Gasteiger partial charge in [0.2, 0.25) is 5.95 Å². The van der Waals surface area contributed by atoms with E-state index >= 15 is 0 Å². The number of carbonyl (C=O) groups is 2. The summed E-state index contributed by atoms with van der Waals surface area (Å²) in [7, 11) is 0. The number of hydrogen-bond acceptors (Lipinski definition) is 6. The molecule has 0 fully saturated rings. The Balaban J connectivity index is 1.82. The number of rotatable bonds is 10. The minimum atomic E-state index is -0.901. The monoisotopic (exact) mass is 565 g/mol. The molecule has 3 amide bonds. The van der Waals surface area contributed by atoms with Crippen LogP contribution in [0.4, 0.5) is 31.0 Å². The number of benzene rings is 2. The molecule has 41 heavy (non-hydrogen) atoms. The zero-order valence-corrected chi connectivity index (χ0v) is 24.1. The fourth-order valence-electron chi connectivity index (χ4n) is 4.48. The highest BCUT2D eigenvalue weighted by atomic mass is 19.1. The van der Waals surface area contributed by atoms with Crippen molar-refractivity contribution in [3.63, 3.8) is 0 Å². The third kappa shape index (κ3) is 6.97. The molecule has 0 aliphatic carbocycles. The second-order valence-electron chi connectivity index (χ2n) is 11.0. The van der Waals surface area contributed by atoms with Crippen molar-refractivity contribution in [2.45, 2.75) is 59.5 Å². The zero-order valence-electron chi connectivity index (χ0n) is 24.1. The van der Waals surface area contributed by atoms with Crippen molar-refractivity contribution < 1.29 is 18.4 Å². The Morgan fingerprint density at radius 2 is 1.80 bits per heavy atom. The molecule has 2 aromatic carbocycles. The van der Waals surface area contributed by atoms with Crippen LogP contribution in [0.3, 0.4) is 0 Å². The third-order valence-corrected chi connectivity index (χ3v) is 6.56. The lowest BCUT2D eigenvalue weighted by molar-refractivity contribution is 0.0953. The molecule has 4 N–H and O–H groups in total. The lowest BCUT2D eigenvalue weighted by Gasteiger charge is -2.31. The Morgan fingerprint density at radius 3 is 2.49 bits per heavy atom. The van der Waals surface area contributed by atoms with Gasteiger partial charge in [-0.15, -0.1) is 0 Å². The van der Waals surface area contributed by atoms with Crippen LogP contribution in [0.1, 0.15) is 62.0 Å². The minimum absolute atomic E-state index is 0.0286. The Labute approximate surface area is 239 Å². The van der Waals surface area contributed by atoms with Gasteiger partial charge in [0.25, 0.3) is 5.91 Å². The molecule has 0 saturated heterocycles. The highest BCUT2D eigenvalue weighted by Crippen LogP contribution is 2.39. The number of nitrogens with one attached hydrogen (secondary N) is 4. The Morgan fingerprint density at radius 1 is 1.07 bits per heavy atom. The van der Waals surface area contributed by atoms with E-state index in [1.165, 1.54) is 6.07 Å². The Kier molecular flexibility index (Phi) is 9.17. The highest BCUT2D eigenvalue weighted by molar-refractivity contribution is 6.02. The van der Waals surface area contributed by atoms with Gasteiger partial charge in [0.1, 0.15) is 17.3 Å². The zero-order chi connectivity index (χ0) is 29.7. The highest BCUT2D eigenvalue weighted by Gasteiger charge is 2.34. The molecule has 0 radical (unpaired) electrons. The van der Waals surface area contributed by atoms with E-state index in [1.807, 2.05) is 19.9 Å². The summed E-state index contributed by atoms with van der Waals surface area (Å²) in [4.78, 5) is 36.1. The molecule has 1 aromatic heterocycles. The molecule has 0 unspecified atom stereocenters. The molecule has 9 nitrogen and oxygen atoms in total. The van der Waals surface area contributed by atoms with Crippen LogP contribution < -0.4 is 26.2 Å². The number of nitrogens with zero attached hydrogens (tertiary/aromatic N) is 3. The Bertz CT molecular complexity index is 1420. The number of aryl methyl sites for hydroxylation is 1. The fraction of sp³-hybridized carbons (Fsp3) is 0.400. The second-order valence-corrected chi connectivity index (χ2v) is 11.0. The van der Waals surface area contributed by atoms with Crippen LogP contribution in [0.15, 0.2) is 36.4 Å². The van der Waals surface area contributed by atoms with E-state index in [4.69, 9.17) is 4.98 Å². The van der Waals surface area contributed by atoms with Crippen LogP contribution in [0.5, 0.6) is 0 Å². The number of urea groups is 1. The molecule has 0 bridgehead atoms. The van der Waals surface area contributed by atoms with Gasteiger partial charge in [-0.05, 0) is 76.9 Å². The lowest BCUT2D eigenvalue weighted by atomic mass is 9.97. The van der Waals surface area contributed by atoms with Gasteiger partial charge in [0.05, 0.1) is 12.2 Å². The van der Waals surface area contributed by atoms with Gasteiger partial charge in [0.15, 0.2) is 5.82 Å². The van der Waals surface area contributed by atoms with Gasteiger partial charge in [-0.3, -0.25) is 4.79 Å². The summed E-state index contributed by atoms with van der Waals surface area (Å²) in [5.74, 6) is -1.75. The summed E-state index contributed by atoms with van der Waals surface area (Å²) in [6, 6.07) is 8.01. The summed E-state index contributed by atoms with van der Waals surface area (Å²) >= 11 is 0. The summed E-state index contributed by atoms with van der Waals surface area (Å²) in [6.45, 7) is 11.9. The van der Waals surface area contributed by atoms with Crippen LogP contribution in [0, 0.1) is 18.6 Å². The average Bonchev–Trinajstić information content (AvgIpc) is 2.91. The van der Waals surface area contributed by atoms with Crippen LogP contribution >= 0.6 is 0 Å². The summed E-state index contributed by atoms with van der Waals surface area (Å²) in [5.41, 5.74) is 2.30. The van der Waals surface area contributed by atoms with E-state index in [2.05, 4.69) is 47.0 Å². The fourth-order valence-corrected chi connectivity index (χ4v) is 4.48. The van der Waals surface area contributed by atoms with E-state index in [9.17, 15) is 18.4 Å². The minimum Gasteiger partial charge on any atom is -0.354 e. The van der Waals surface area contributed by atoms with Crippen molar-refractivity contribution >= 4 is 29.4 Å². The molecule has 3 aromatic rings. The number of hydrogen-bond donors (Lipinski definition) is 4. The smallest absolute Gasteiger partial charge is 0.328 e. The normalized spacial score (nSPS) is 13.0. The molecule has 11 heteroatoms. The number of halogens is 2. The predicted octanol–water partition coefficient (Wildman–Crippen LogP) is 5.42. The number of fused-ring (bicyclic) bond motifs is 1. The van der Waals surface area contributed by atoms with E-state index in [0.717, 1.165) is 42.0 Å². The first kappa shape index (κ1) is 29.9. The predicted molar refractivity (Wildman–Crippen MR) is 156 cm³/mol. The van der Waals surface area contributed by atoms with Crippen molar-refractivity contribution in [1.82, 2.24) is 25.9 Å². The quantitative estimate of drug-likeness (QED) is 0.244. The molecule has 2 heterocycles. The standard InChI is InChI=1S/C30H37F2N7O2/c1-6-13-33-27(40)19-12-11-18(2)20(16-19)24-21-17-35-29(41)39(25-22(31)9-7-10-23(25)32)26(21)38-28(37-24)34-14-8-15-36-30(3,4)5/h7,9-12,16,36H,6,8,13-15,17H2,1-5H3,(H,33,40)(H,35,41)(H,34,37,38). The van der Waals surface area contributed by atoms with Crippen molar-refractivity contribution in [3.05, 3.63) is 64.7 Å². The van der Waals surface area contributed by atoms with Crippen molar-refractivity contribution in [1.29, 1.82) is 0 Å². The van der Waals surface area contributed by atoms with Gasteiger partial charge in [-0.1, -0.05) is 19.1 Å².